The van der Waals surface area contributed by atoms with Gasteiger partial charge in [-0.15, -0.1) is 0 Å². The molecule has 19 heavy (non-hydrogen) atoms. The van der Waals surface area contributed by atoms with E-state index in [1.807, 2.05) is 4.90 Å². The van der Waals surface area contributed by atoms with Gasteiger partial charge in [-0.2, -0.15) is 0 Å². The summed E-state index contributed by atoms with van der Waals surface area (Å²) in [6, 6.07) is 0.0401. The molecule has 2 rings (SSSR count). The van der Waals surface area contributed by atoms with Gasteiger partial charge in [0.15, 0.2) is 0 Å². The van der Waals surface area contributed by atoms with E-state index in [0.29, 0.717) is 11.8 Å². The van der Waals surface area contributed by atoms with Gasteiger partial charge in [-0.05, 0) is 37.1 Å². The van der Waals surface area contributed by atoms with Gasteiger partial charge >= 0.3 is 0 Å². The number of piperidine rings is 1. The molecular formula is C16H28N2O. The molecule has 0 aromatic carbocycles. The number of amides is 1. The minimum Gasteiger partial charge on any atom is -0.337 e. The van der Waals surface area contributed by atoms with Crippen molar-refractivity contribution < 1.29 is 4.79 Å². The molecule has 3 nitrogen and oxygen atoms in total. The molecule has 0 bridgehead atoms. The van der Waals surface area contributed by atoms with Crippen molar-refractivity contribution in [2.45, 2.75) is 53.0 Å². The average Bonchev–Trinajstić information content (AvgIpc) is 2.38. The third kappa shape index (κ3) is 3.38. The van der Waals surface area contributed by atoms with E-state index >= 15 is 0 Å². The zero-order chi connectivity index (χ0) is 14.0. The van der Waals surface area contributed by atoms with Gasteiger partial charge in [0.25, 0.3) is 0 Å². The van der Waals surface area contributed by atoms with Gasteiger partial charge in [-0.3, -0.25) is 4.79 Å². The van der Waals surface area contributed by atoms with E-state index in [9.17, 15) is 4.79 Å². The highest BCUT2D eigenvalue weighted by Gasteiger charge is 2.32. The van der Waals surface area contributed by atoms with Crippen LogP contribution >= 0.6 is 0 Å². The highest BCUT2D eigenvalue weighted by Crippen LogP contribution is 2.30. The quantitative estimate of drug-likeness (QED) is 0.738. The van der Waals surface area contributed by atoms with Crippen molar-refractivity contribution in [3.05, 3.63) is 11.6 Å². The molecule has 3 heteroatoms. The first-order chi connectivity index (χ1) is 8.89. The second kappa shape index (κ2) is 5.66. The Labute approximate surface area is 117 Å². The lowest BCUT2D eigenvalue weighted by atomic mass is 9.82. The van der Waals surface area contributed by atoms with Crippen LogP contribution in [0, 0.1) is 11.3 Å². The molecule has 0 saturated carbocycles. The minimum absolute atomic E-state index is 0.0401. The number of hydrogen-bond acceptors (Lipinski definition) is 2. The maximum absolute atomic E-state index is 12.6. The average molecular weight is 264 g/mol. The zero-order valence-electron chi connectivity index (χ0n) is 12.8. The topological polar surface area (TPSA) is 32.3 Å². The lowest BCUT2D eigenvalue weighted by molar-refractivity contribution is -0.135. The molecule has 2 atom stereocenters. The molecule has 1 N–H and O–H groups in total. The Kier molecular flexibility index (Phi) is 4.34. The smallest absolute Gasteiger partial charge is 0.240 e. The summed E-state index contributed by atoms with van der Waals surface area (Å²) in [6.07, 6.45) is 5.64. The fraction of sp³-hybridized carbons (Fsp3) is 0.812. The van der Waals surface area contributed by atoms with Crippen LogP contribution in [0.25, 0.3) is 0 Å². The van der Waals surface area contributed by atoms with Crippen LogP contribution in [-0.4, -0.2) is 36.5 Å². The van der Waals surface area contributed by atoms with E-state index in [0.717, 1.165) is 26.1 Å². The molecule has 0 aromatic rings. The van der Waals surface area contributed by atoms with E-state index in [2.05, 4.69) is 39.1 Å². The first-order valence-corrected chi connectivity index (χ1v) is 7.61. The summed E-state index contributed by atoms with van der Waals surface area (Å²) >= 11 is 0. The molecule has 0 radical (unpaired) electrons. The van der Waals surface area contributed by atoms with Gasteiger partial charge in [0, 0.05) is 13.1 Å². The second-order valence-electron chi connectivity index (χ2n) is 7.06. The SMILES string of the molecule is CC1CCCNC1C(=O)N1CC=C(C(C)(C)C)CC1. The summed E-state index contributed by atoms with van der Waals surface area (Å²) < 4.78 is 0. The summed E-state index contributed by atoms with van der Waals surface area (Å²) in [5.41, 5.74) is 1.73. The van der Waals surface area contributed by atoms with Crippen LogP contribution in [0.5, 0.6) is 0 Å². The van der Waals surface area contributed by atoms with Crippen LogP contribution in [0.2, 0.25) is 0 Å². The first-order valence-electron chi connectivity index (χ1n) is 7.61. The monoisotopic (exact) mass is 264 g/mol. The molecule has 0 aromatic heterocycles. The van der Waals surface area contributed by atoms with Crippen molar-refractivity contribution in [2.24, 2.45) is 11.3 Å². The van der Waals surface area contributed by atoms with Crippen LogP contribution in [-0.2, 0) is 4.79 Å². The van der Waals surface area contributed by atoms with E-state index in [1.165, 1.54) is 18.4 Å². The van der Waals surface area contributed by atoms with Gasteiger partial charge in [0.05, 0.1) is 6.04 Å². The molecular weight excluding hydrogens is 236 g/mol. The molecule has 108 valence electrons. The fourth-order valence-corrected chi connectivity index (χ4v) is 3.13. The van der Waals surface area contributed by atoms with Crippen LogP contribution in [0.15, 0.2) is 11.6 Å². The van der Waals surface area contributed by atoms with Crippen molar-refractivity contribution in [2.75, 3.05) is 19.6 Å². The molecule has 1 amide bonds. The van der Waals surface area contributed by atoms with Crippen molar-refractivity contribution >= 4 is 5.91 Å². The Hall–Kier alpha value is -0.830. The Morgan fingerprint density at radius 3 is 2.68 bits per heavy atom. The maximum atomic E-state index is 12.6. The normalized spacial score (nSPS) is 29.1. The van der Waals surface area contributed by atoms with Gasteiger partial charge in [0.1, 0.15) is 0 Å². The molecule has 0 aliphatic carbocycles. The van der Waals surface area contributed by atoms with Crippen molar-refractivity contribution in [1.82, 2.24) is 10.2 Å². The predicted octanol–water partition coefficient (Wildman–Crippen LogP) is 2.58. The van der Waals surface area contributed by atoms with E-state index in [4.69, 9.17) is 0 Å². The van der Waals surface area contributed by atoms with E-state index in [-0.39, 0.29) is 11.5 Å². The largest absolute Gasteiger partial charge is 0.337 e. The van der Waals surface area contributed by atoms with Crippen molar-refractivity contribution in [3.63, 3.8) is 0 Å². The lowest BCUT2D eigenvalue weighted by Gasteiger charge is -2.37. The molecule has 2 aliphatic rings. The number of carbonyl (C=O) groups is 1. The first kappa shape index (κ1) is 14.6. The Balaban J connectivity index is 1.97. The fourth-order valence-electron chi connectivity index (χ4n) is 3.13. The number of nitrogens with zero attached hydrogens (tertiary/aromatic N) is 1. The molecule has 2 aliphatic heterocycles. The Morgan fingerprint density at radius 1 is 1.42 bits per heavy atom. The summed E-state index contributed by atoms with van der Waals surface area (Å²) in [6.45, 7) is 11.6. The van der Waals surface area contributed by atoms with Crippen molar-refractivity contribution in [1.29, 1.82) is 0 Å². The molecule has 1 saturated heterocycles. The van der Waals surface area contributed by atoms with E-state index < -0.39 is 0 Å². The van der Waals surface area contributed by atoms with Crippen LogP contribution in [0.4, 0.5) is 0 Å². The van der Waals surface area contributed by atoms with Gasteiger partial charge < -0.3 is 10.2 Å². The number of nitrogens with one attached hydrogen (secondary N) is 1. The second-order valence-corrected chi connectivity index (χ2v) is 7.06. The van der Waals surface area contributed by atoms with Crippen LogP contribution in [0.1, 0.15) is 47.0 Å². The summed E-state index contributed by atoms with van der Waals surface area (Å²) in [7, 11) is 0. The number of rotatable bonds is 1. The molecule has 1 fully saturated rings. The van der Waals surface area contributed by atoms with Crippen molar-refractivity contribution in [3.8, 4) is 0 Å². The molecule has 2 unspecified atom stereocenters. The third-order valence-corrected chi connectivity index (χ3v) is 4.52. The summed E-state index contributed by atoms with van der Waals surface area (Å²) in [5, 5.41) is 3.40. The van der Waals surface area contributed by atoms with Crippen LogP contribution in [0.3, 0.4) is 0 Å². The third-order valence-electron chi connectivity index (χ3n) is 4.52. The maximum Gasteiger partial charge on any atom is 0.240 e. The Bertz CT molecular complexity index is 367. The standard InChI is InChI=1S/C16H28N2O/c1-12-6-5-9-17-14(12)15(19)18-10-7-13(8-11-18)16(2,3)4/h7,12,14,17H,5-6,8-11H2,1-4H3. The van der Waals surface area contributed by atoms with Gasteiger partial charge in [-0.1, -0.05) is 39.3 Å². The minimum atomic E-state index is 0.0401. The van der Waals surface area contributed by atoms with E-state index in [1.54, 1.807) is 0 Å². The van der Waals surface area contributed by atoms with Gasteiger partial charge in [-0.25, -0.2) is 0 Å². The highest BCUT2D eigenvalue weighted by atomic mass is 16.2. The number of carbonyl (C=O) groups excluding carboxylic acids is 1. The lowest BCUT2D eigenvalue weighted by Crippen LogP contribution is -2.53. The van der Waals surface area contributed by atoms with Gasteiger partial charge in [0.2, 0.25) is 5.91 Å². The highest BCUT2D eigenvalue weighted by molar-refractivity contribution is 5.82. The summed E-state index contributed by atoms with van der Waals surface area (Å²) in [5.74, 6) is 0.769. The Morgan fingerprint density at radius 2 is 2.16 bits per heavy atom. The predicted molar refractivity (Wildman–Crippen MR) is 78.9 cm³/mol. The number of hydrogen-bond donors (Lipinski definition) is 1. The zero-order valence-corrected chi connectivity index (χ0v) is 12.8. The summed E-state index contributed by atoms with van der Waals surface area (Å²) in [4.78, 5) is 14.6. The van der Waals surface area contributed by atoms with Crippen LogP contribution < -0.4 is 5.32 Å². The molecule has 2 heterocycles. The molecule has 0 spiro atoms.